The van der Waals surface area contributed by atoms with Gasteiger partial charge in [0.1, 0.15) is 11.4 Å². The molecular formula is C15H14BrFN2O3. The predicted molar refractivity (Wildman–Crippen MR) is 83.6 cm³/mol. The minimum absolute atomic E-state index is 0.0115. The highest BCUT2D eigenvalue weighted by atomic mass is 79.9. The summed E-state index contributed by atoms with van der Waals surface area (Å²) in [7, 11) is 0. The Kier molecular flexibility index (Phi) is 4.01. The second-order valence-electron chi connectivity index (χ2n) is 5.44. The van der Waals surface area contributed by atoms with Gasteiger partial charge < -0.3 is 15.5 Å². The van der Waals surface area contributed by atoms with Crippen molar-refractivity contribution >= 4 is 38.5 Å². The van der Waals surface area contributed by atoms with Crippen LogP contribution in [0.15, 0.2) is 22.8 Å². The maximum atomic E-state index is 13.6. The molecule has 22 heavy (non-hydrogen) atoms. The summed E-state index contributed by atoms with van der Waals surface area (Å²) in [4.78, 5) is 15.5. The maximum Gasteiger partial charge on any atom is 0.339 e. The third-order valence-corrected chi connectivity index (χ3v) is 4.50. The summed E-state index contributed by atoms with van der Waals surface area (Å²) in [5.74, 6) is -1.55. The standard InChI is InChI=1S/C15H14BrFN2O3/c16-11-4-9-13(5-12(11)17)18-6-10(15(21)22)14(9)19-7-1-2-8(20)3-7/h4-8,20H,1-3H2,(H,18,19)(H,21,22)/t7-,8+/m0/s1. The molecule has 1 heterocycles. The van der Waals surface area contributed by atoms with Gasteiger partial charge in [-0.05, 0) is 41.3 Å². The number of hydrogen-bond donors (Lipinski definition) is 3. The number of aliphatic hydroxyl groups is 1. The Morgan fingerprint density at radius 3 is 2.82 bits per heavy atom. The molecule has 1 saturated carbocycles. The van der Waals surface area contributed by atoms with E-state index in [1.165, 1.54) is 18.3 Å². The lowest BCUT2D eigenvalue weighted by Gasteiger charge is -2.18. The topological polar surface area (TPSA) is 82.5 Å². The molecule has 0 saturated heterocycles. The molecule has 116 valence electrons. The number of nitrogens with one attached hydrogen (secondary N) is 1. The molecule has 1 fully saturated rings. The summed E-state index contributed by atoms with van der Waals surface area (Å²) in [6, 6.07) is 2.78. The zero-order valence-corrected chi connectivity index (χ0v) is 13.1. The number of carboxylic acids is 1. The number of benzene rings is 1. The van der Waals surface area contributed by atoms with Gasteiger partial charge in [0.2, 0.25) is 0 Å². The van der Waals surface area contributed by atoms with E-state index < -0.39 is 11.8 Å². The van der Waals surface area contributed by atoms with Crippen LogP contribution in [0.1, 0.15) is 29.6 Å². The second kappa shape index (κ2) is 5.81. The van der Waals surface area contributed by atoms with Crippen LogP contribution in [0.4, 0.5) is 10.1 Å². The quantitative estimate of drug-likeness (QED) is 0.774. The lowest BCUT2D eigenvalue weighted by Crippen LogP contribution is -2.19. The van der Waals surface area contributed by atoms with Gasteiger partial charge in [-0.2, -0.15) is 0 Å². The van der Waals surface area contributed by atoms with Crippen LogP contribution >= 0.6 is 15.9 Å². The van der Waals surface area contributed by atoms with Gasteiger partial charge in [0.05, 0.1) is 21.8 Å². The second-order valence-corrected chi connectivity index (χ2v) is 6.30. The highest BCUT2D eigenvalue weighted by Gasteiger charge is 2.25. The monoisotopic (exact) mass is 368 g/mol. The van der Waals surface area contributed by atoms with Crippen LogP contribution < -0.4 is 5.32 Å². The third-order valence-electron chi connectivity index (χ3n) is 3.89. The molecule has 5 nitrogen and oxygen atoms in total. The van der Waals surface area contributed by atoms with Gasteiger partial charge in [0.15, 0.2) is 0 Å². The molecule has 3 N–H and O–H groups in total. The van der Waals surface area contributed by atoms with E-state index in [1.807, 2.05) is 0 Å². The van der Waals surface area contributed by atoms with Gasteiger partial charge in [-0.15, -0.1) is 0 Å². The molecule has 1 aliphatic carbocycles. The summed E-state index contributed by atoms with van der Waals surface area (Å²) in [6.45, 7) is 0. The van der Waals surface area contributed by atoms with Crippen molar-refractivity contribution in [1.82, 2.24) is 4.98 Å². The fraction of sp³-hybridized carbons (Fsp3) is 0.333. The Labute approximate surface area is 134 Å². The summed E-state index contributed by atoms with van der Waals surface area (Å²) in [6.07, 6.45) is 2.85. The highest BCUT2D eigenvalue weighted by molar-refractivity contribution is 9.10. The summed E-state index contributed by atoms with van der Waals surface area (Å²) in [5, 5.41) is 22.7. The summed E-state index contributed by atoms with van der Waals surface area (Å²) < 4.78 is 13.9. The van der Waals surface area contributed by atoms with Crippen LogP contribution in [0, 0.1) is 5.82 Å². The van der Waals surface area contributed by atoms with Crippen molar-refractivity contribution in [3.8, 4) is 0 Å². The SMILES string of the molecule is O=C(O)c1cnc2cc(F)c(Br)cc2c1N[C@H]1CC[C@@H](O)C1. The summed E-state index contributed by atoms with van der Waals surface area (Å²) >= 11 is 3.12. The number of halogens is 2. The number of carbonyl (C=O) groups is 1. The van der Waals surface area contributed by atoms with Crippen LogP contribution in [0.3, 0.4) is 0 Å². The van der Waals surface area contributed by atoms with Gasteiger partial charge in [0.25, 0.3) is 0 Å². The van der Waals surface area contributed by atoms with Gasteiger partial charge in [-0.3, -0.25) is 4.98 Å². The molecule has 0 radical (unpaired) electrons. The molecule has 7 heteroatoms. The maximum absolute atomic E-state index is 13.6. The zero-order valence-electron chi connectivity index (χ0n) is 11.5. The molecule has 1 aromatic carbocycles. The fourth-order valence-corrected chi connectivity index (χ4v) is 3.14. The van der Waals surface area contributed by atoms with E-state index in [4.69, 9.17) is 0 Å². The van der Waals surface area contributed by atoms with E-state index in [0.717, 1.165) is 6.42 Å². The molecule has 0 unspecified atom stereocenters. The van der Waals surface area contributed by atoms with Gasteiger partial charge in [-0.25, -0.2) is 9.18 Å². The zero-order chi connectivity index (χ0) is 15.9. The van der Waals surface area contributed by atoms with Crippen molar-refractivity contribution in [2.45, 2.75) is 31.4 Å². The van der Waals surface area contributed by atoms with Crippen molar-refractivity contribution < 1.29 is 19.4 Å². The molecule has 0 bridgehead atoms. The Balaban J connectivity index is 2.12. The Hall–Kier alpha value is -1.73. The van der Waals surface area contributed by atoms with Gasteiger partial charge in [-0.1, -0.05) is 0 Å². The van der Waals surface area contributed by atoms with Gasteiger partial charge >= 0.3 is 5.97 Å². The molecule has 2 atom stereocenters. The molecule has 1 aliphatic rings. The van der Waals surface area contributed by atoms with Gasteiger partial charge in [0, 0.05) is 23.7 Å². The molecule has 0 amide bonds. The Bertz CT molecular complexity index is 753. The van der Waals surface area contributed by atoms with E-state index in [-0.39, 0.29) is 22.2 Å². The number of aliphatic hydroxyl groups excluding tert-OH is 1. The molecule has 3 rings (SSSR count). The number of pyridine rings is 1. The third kappa shape index (κ3) is 2.78. The summed E-state index contributed by atoms with van der Waals surface area (Å²) in [5.41, 5.74) is 0.830. The van der Waals surface area contributed by atoms with E-state index in [0.29, 0.717) is 29.4 Å². The Morgan fingerprint density at radius 2 is 2.18 bits per heavy atom. The predicted octanol–water partition coefficient (Wildman–Crippen LogP) is 3.16. The number of nitrogens with zero attached hydrogens (tertiary/aromatic N) is 1. The fourth-order valence-electron chi connectivity index (χ4n) is 2.80. The van der Waals surface area contributed by atoms with E-state index in [9.17, 15) is 19.4 Å². The normalized spacial score (nSPS) is 21.2. The highest BCUT2D eigenvalue weighted by Crippen LogP contribution is 2.33. The number of anilines is 1. The number of aromatic carboxylic acids is 1. The number of aromatic nitrogens is 1. The number of hydrogen-bond acceptors (Lipinski definition) is 4. The first kappa shape index (κ1) is 15.2. The first-order chi connectivity index (χ1) is 10.5. The van der Waals surface area contributed by atoms with E-state index in [2.05, 4.69) is 26.2 Å². The minimum atomic E-state index is -1.10. The first-order valence-corrected chi connectivity index (χ1v) is 7.70. The molecule has 1 aromatic heterocycles. The molecular weight excluding hydrogens is 355 g/mol. The minimum Gasteiger partial charge on any atom is -0.478 e. The van der Waals surface area contributed by atoms with Crippen molar-refractivity contribution in [3.63, 3.8) is 0 Å². The van der Waals surface area contributed by atoms with Crippen LogP contribution in [-0.2, 0) is 0 Å². The van der Waals surface area contributed by atoms with Crippen molar-refractivity contribution in [1.29, 1.82) is 0 Å². The van der Waals surface area contributed by atoms with Crippen molar-refractivity contribution in [2.24, 2.45) is 0 Å². The van der Waals surface area contributed by atoms with Crippen LogP contribution in [0.5, 0.6) is 0 Å². The largest absolute Gasteiger partial charge is 0.478 e. The molecule has 0 spiro atoms. The van der Waals surface area contributed by atoms with Crippen LogP contribution in [-0.4, -0.2) is 33.3 Å². The average Bonchev–Trinajstić information content (AvgIpc) is 2.86. The number of carboxylic acid groups (broad SMARTS) is 1. The van der Waals surface area contributed by atoms with Crippen molar-refractivity contribution in [3.05, 3.63) is 34.2 Å². The lowest BCUT2D eigenvalue weighted by atomic mass is 10.1. The van der Waals surface area contributed by atoms with Crippen molar-refractivity contribution in [2.75, 3.05) is 5.32 Å². The van der Waals surface area contributed by atoms with E-state index in [1.54, 1.807) is 0 Å². The van der Waals surface area contributed by atoms with Crippen LogP contribution in [0.2, 0.25) is 0 Å². The smallest absolute Gasteiger partial charge is 0.339 e. The van der Waals surface area contributed by atoms with Crippen LogP contribution in [0.25, 0.3) is 10.9 Å². The number of fused-ring (bicyclic) bond motifs is 1. The molecule has 2 aromatic rings. The molecule has 0 aliphatic heterocycles. The number of rotatable bonds is 3. The lowest BCUT2D eigenvalue weighted by molar-refractivity contribution is 0.0697. The average molecular weight is 369 g/mol. The van der Waals surface area contributed by atoms with E-state index >= 15 is 0 Å². The first-order valence-electron chi connectivity index (χ1n) is 6.91. The Morgan fingerprint density at radius 1 is 1.41 bits per heavy atom.